The second-order valence-corrected chi connectivity index (χ2v) is 8.71. The van der Waals surface area contributed by atoms with Crippen LogP contribution in [0, 0.1) is 5.92 Å². The summed E-state index contributed by atoms with van der Waals surface area (Å²) in [5.41, 5.74) is 2.64. The zero-order valence-electron chi connectivity index (χ0n) is 17.1. The van der Waals surface area contributed by atoms with E-state index in [2.05, 4.69) is 22.3 Å². The minimum atomic E-state index is -0.203. The number of halogens is 1. The molecule has 0 radical (unpaired) electrons. The zero-order chi connectivity index (χ0) is 20.9. The van der Waals surface area contributed by atoms with Gasteiger partial charge in [0.05, 0.1) is 5.92 Å². The number of nitrogens with one attached hydrogen (secondary N) is 1. The number of carbonyl (C=O) groups is 2. The molecular weight excluding hydrogens is 398 g/mol. The molecule has 0 aromatic heterocycles. The summed E-state index contributed by atoms with van der Waals surface area (Å²) in [5.74, 6) is -0.293. The van der Waals surface area contributed by atoms with Gasteiger partial charge in [-0.05, 0) is 74.7 Å². The Morgan fingerprint density at radius 3 is 2.50 bits per heavy atom. The molecule has 0 bridgehead atoms. The smallest absolute Gasteiger partial charge is 0.253 e. The number of piperidine rings is 1. The second kappa shape index (κ2) is 9.63. The highest BCUT2D eigenvalue weighted by atomic mass is 35.5. The van der Waals surface area contributed by atoms with Crippen molar-refractivity contribution in [1.29, 1.82) is 0 Å². The molecule has 158 valence electrons. The number of nitrogens with zero attached hydrogens (tertiary/aromatic N) is 2. The first kappa shape index (κ1) is 20.9. The van der Waals surface area contributed by atoms with Crippen LogP contribution in [0.1, 0.15) is 41.6 Å². The topological polar surface area (TPSA) is 52.7 Å². The predicted octanol–water partition coefficient (Wildman–Crippen LogP) is 4.43. The van der Waals surface area contributed by atoms with Crippen LogP contribution < -0.4 is 5.32 Å². The second-order valence-electron chi connectivity index (χ2n) is 8.27. The Morgan fingerprint density at radius 1 is 1.00 bits per heavy atom. The van der Waals surface area contributed by atoms with Crippen molar-refractivity contribution in [3.05, 3.63) is 64.7 Å². The Hall–Kier alpha value is -2.37. The van der Waals surface area contributed by atoms with Gasteiger partial charge in [0, 0.05) is 35.9 Å². The lowest BCUT2D eigenvalue weighted by molar-refractivity contribution is -0.121. The third-order valence-corrected chi connectivity index (χ3v) is 6.21. The zero-order valence-corrected chi connectivity index (χ0v) is 17.9. The van der Waals surface area contributed by atoms with E-state index in [1.165, 1.54) is 31.5 Å². The molecule has 4 rings (SSSR count). The van der Waals surface area contributed by atoms with Crippen molar-refractivity contribution in [2.24, 2.45) is 5.92 Å². The monoisotopic (exact) mass is 425 g/mol. The van der Waals surface area contributed by atoms with Gasteiger partial charge in [0.2, 0.25) is 5.91 Å². The molecule has 5 nitrogen and oxygen atoms in total. The van der Waals surface area contributed by atoms with Gasteiger partial charge in [0.25, 0.3) is 5.91 Å². The summed E-state index contributed by atoms with van der Waals surface area (Å²) in [4.78, 5) is 29.8. The average Bonchev–Trinajstić information content (AvgIpc) is 3.28. The molecule has 2 heterocycles. The Labute approximate surface area is 183 Å². The number of amides is 2. The summed E-state index contributed by atoms with van der Waals surface area (Å²) in [6.45, 7) is 4.41. The Morgan fingerprint density at radius 2 is 1.77 bits per heavy atom. The standard InChI is InChI=1S/C24H28ClN3O2/c25-21-7-3-5-19(15-21)24(30)28-14-4-6-20(17-28)23(29)26-22-10-8-18(9-11-22)16-27-12-1-2-13-27/h3,5,7-11,15,20H,1-2,4,6,12-14,16-17H2,(H,26,29). The van der Waals surface area contributed by atoms with Gasteiger partial charge in [-0.25, -0.2) is 0 Å². The number of anilines is 1. The van der Waals surface area contributed by atoms with Gasteiger partial charge in [-0.3, -0.25) is 14.5 Å². The Balaban J connectivity index is 1.33. The highest BCUT2D eigenvalue weighted by molar-refractivity contribution is 6.30. The molecule has 2 fully saturated rings. The third kappa shape index (κ3) is 5.21. The maximum Gasteiger partial charge on any atom is 0.253 e. The van der Waals surface area contributed by atoms with Crippen LogP contribution in [0.25, 0.3) is 0 Å². The summed E-state index contributed by atoms with van der Waals surface area (Å²) in [6, 6.07) is 15.1. The minimum absolute atomic E-state index is 0.0223. The van der Waals surface area contributed by atoms with Gasteiger partial charge >= 0.3 is 0 Å². The minimum Gasteiger partial charge on any atom is -0.338 e. The van der Waals surface area contributed by atoms with Crippen LogP contribution >= 0.6 is 11.6 Å². The van der Waals surface area contributed by atoms with E-state index in [0.717, 1.165) is 25.1 Å². The number of likely N-dealkylation sites (tertiary alicyclic amines) is 2. The largest absolute Gasteiger partial charge is 0.338 e. The van der Waals surface area contributed by atoms with Crippen LogP contribution in [-0.4, -0.2) is 47.8 Å². The highest BCUT2D eigenvalue weighted by Gasteiger charge is 2.29. The van der Waals surface area contributed by atoms with E-state index in [9.17, 15) is 9.59 Å². The van der Waals surface area contributed by atoms with Gasteiger partial charge in [-0.2, -0.15) is 0 Å². The van der Waals surface area contributed by atoms with Gasteiger partial charge in [0.15, 0.2) is 0 Å². The van der Waals surface area contributed by atoms with Crippen molar-refractivity contribution in [3.8, 4) is 0 Å². The lowest BCUT2D eigenvalue weighted by Crippen LogP contribution is -2.43. The van der Waals surface area contributed by atoms with Gasteiger partial charge in [-0.15, -0.1) is 0 Å². The number of rotatable bonds is 5. The predicted molar refractivity (Wildman–Crippen MR) is 120 cm³/mol. The number of hydrogen-bond acceptors (Lipinski definition) is 3. The highest BCUT2D eigenvalue weighted by Crippen LogP contribution is 2.22. The fourth-order valence-electron chi connectivity index (χ4n) is 4.32. The molecule has 2 amide bonds. The molecule has 0 aliphatic carbocycles. The van der Waals surface area contributed by atoms with Crippen molar-refractivity contribution in [2.45, 2.75) is 32.2 Å². The summed E-state index contributed by atoms with van der Waals surface area (Å²) in [6.07, 6.45) is 4.18. The van der Waals surface area contributed by atoms with Gasteiger partial charge < -0.3 is 10.2 Å². The molecule has 2 aliphatic heterocycles. The van der Waals surface area contributed by atoms with E-state index >= 15 is 0 Å². The Kier molecular flexibility index (Phi) is 6.70. The average molecular weight is 426 g/mol. The molecule has 6 heteroatoms. The first-order chi connectivity index (χ1) is 14.6. The molecular formula is C24H28ClN3O2. The van der Waals surface area contributed by atoms with Crippen molar-refractivity contribution in [1.82, 2.24) is 9.80 Å². The van der Waals surface area contributed by atoms with Crippen LogP contribution in [0.2, 0.25) is 5.02 Å². The summed E-state index contributed by atoms with van der Waals surface area (Å²) in [5, 5.41) is 3.57. The van der Waals surface area contributed by atoms with E-state index < -0.39 is 0 Å². The van der Waals surface area contributed by atoms with E-state index in [1.807, 2.05) is 12.1 Å². The molecule has 2 saturated heterocycles. The van der Waals surface area contributed by atoms with Crippen LogP contribution in [0.15, 0.2) is 48.5 Å². The molecule has 1 unspecified atom stereocenters. The lowest BCUT2D eigenvalue weighted by Gasteiger charge is -2.32. The van der Waals surface area contributed by atoms with E-state index in [-0.39, 0.29) is 17.7 Å². The molecule has 30 heavy (non-hydrogen) atoms. The van der Waals surface area contributed by atoms with Crippen molar-refractivity contribution >= 4 is 29.1 Å². The maximum absolute atomic E-state index is 12.8. The molecule has 2 aromatic carbocycles. The molecule has 2 aliphatic rings. The van der Waals surface area contributed by atoms with Crippen LogP contribution in [0.5, 0.6) is 0 Å². The lowest BCUT2D eigenvalue weighted by atomic mass is 9.96. The number of hydrogen-bond donors (Lipinski definition) is 1. The summed E-state index contributed by atoms with van der Waals surface area (Å²) >= 11 is 6.02. The van der Waals surface area contributed by atoms with Crippen molar-refractivity contribution in [3.63, 3.8) is 0 Å². The quantitative estimate of drug-likeness (QED) is 0.771. The van der Waals surface area contributed by atoms with Crippen LogP contribution in [-0.2, 0) is 11.3 Å². The molecule has 2 aromatic rings. The fourth-order valence-corrected chi connectivity index (χ4v) is 4.51. The summed E-state index contributed by atoms with van der Waals surface area (Å²) in [7, 11) is 0. The van der Waals surface area contributed by atoms with Crippen molar-refractivity contribution in [2.75, 3.05) is 31.5 Å². The summed E-state index contributed by atoms with van der Waals surface area (Å²) < 4.78 is 0. The number of benzene rings is 2. The first-order valence-electron chi connectivity index (χ1n) is 10.8. The van der Waals surface area contributed by atoms with Crippen LogP contribution in [0.4, 0.5) is 5.69 Å². The van der Waals surface area contributed by atoms with Gasteiger partial charge in [-0.1, -0.05) is 29.8 Å². The SMILES string of the molecule is O=C(Nc1ccc(CN2CCCC2)cc1)C1CCCN(C(=O)c2cccc(Cl)c2)C1. The maximum atomic E-state index is 12.8. The molecule has 0 spiro atoms. The fraction of sp³-hybridized carbons (Fsp3) is 0.417. The Bertz CT molecular complexity index is 894. The van der Waals surface area contributed by atoms with Crippen LogP contribution in [0.3, 0.4) is 0 Å². The van der Waals surface area contributed by atoms with E-state index in [1.54, 1.807) is 29.2 Å². The van der Waals surface area contributed by atoms with E-state index in [4.69, 9.17) is 11.6 Å². The molecule has 1 N–H and O–H groups in total. The molecule has 1 atom stereocenters. The normalized spacial score (nSPS) is 19.6. The number of carbonyl (C=O) groups excluding carboxylic acids is 2. The first-order valence-corrected chi connectivity index (χ1v) is 11.1. The van der Waals surface area contributed by atoms with E-state index in [0.29, 0.717) is 23.7 Å². The third-order valence-electron chi connectivity index (χ3n) is 5.98. The molecule has 0 saturated carbocycles. The van der Waals surface area contributed by atoms with Gasteiger partial charge in [0.1, 0.15) is 0 Å². The van der Waals surface area contributed by atoms with Crippen molar-refractivity contribution < 1.29 is 9.59 Å².